The van der Waals surface area contributed by atoms with Gasteiger partial charge in [0.05, 0.1) is 5.69 Å². The van der Waals surface area contributed by atoms with Crippen LogP contribution in [0, 0.1) is 13.8 Å². The van der Waals surface area contributed by atoms with Crippen molar-refractivity contribution in [1.29, 1.82) is 0 Å². The van der Waals surface area contributed by atoms with Crippen molar-refractivity contribution in [2.24, 2.45) is 0 Å². The summed E-state index contributed by atoms with van der Waals surface area (Å²) in [6.45, 7) is 4.14. The Morgan fingerprint density at radius 3 is 2.13 bits per heavy atom. The molecule has 1 heterocycles. The van der Waals surface area contributed by atoms with Crippen LogP contribution in [-0.4, -0.2) is 10.2 Å². The van der Waals surface area contributed by atoms with E-state index < -0.39 is 0 Å². The normalized spacial score (nSPS) is 10.3. The first kappa shape index (κ1) is 10.1. The summed E-state index contributed by atoms with van der Waals surface area (Å²) in [5.74, 6) is 0. The van der Waals surface area contributed by atoms with E-state index >= 15 is 0 Å². The first-order valence-corrected chi connectivity index (χ1v) is 5.11. The Morgan fingerprint density at radius 1 is 0.933 bits per heavy atom. The molecule has 0 saturated heterocycles. The molecule has 2 rings (SSSR count). The average Bonchev–Trinajstić information content (AvgIpc) is 2.17. The molecule has 0 N–H and O–H groups in total. The van der Waals surface area contributed by atoms with Gasteiger partial charge in [-0.25, -0.2) is 0 Å². The average molecular weight is 219 g/mol. The van der Waals surface area contributed by atoms with E-state index in [2.05, 4.69) is 42.2 Å². The zero-order valence-corrected chi connectivity index (χ0v) is 9.42. The van der Waals surface area contributed by atoms with Crippen molar-refractivity contribution in [3.63, 3.8) is 0 Å². The Morgan fingerprint density at radius 2 is 1.60 bits per heavy atom. The number of benzene rings is 1. The summed E-state index contributed by atoms with van der Waals surface area (Å²) in [7, 11) is 0. The molecule has 0 unspecified atom stereocenters. The molecular formula is C12H11ClN2. The van der Waals surface area contributed by atoms with Crippen molar-refractivity contribution in [3.05, 3.63) is 46.6 Å². The van der Waals surface area contributed by atoms with Gasteiger partial charge in [-0.2, -0.15) is 0 Å². The van der Waals surface area contributed by atoms with Crippen molar-refractivity contribution >= 4 is 11.6 Å². The van der Waals surface area contributed by atoms with Crippen LogP contribution in [0.5, 0.6) is 0 Å². The third kappa shape index (κ3) is 2.34. The lowest BCUT2D eigenvalue weighted by Gasteiger charge is -2.03. The predicted molar refractivity (Wildman–Crippen MR) is 62.0 cm³/mol. The number of hydrogen-bond acceptors (Lipinski definition) is 2. The second-order valence-corrected chi connectivity index (χ2v) is 4.00. The molecule has 0 saturated carbocycles. The van der Waals surface area contributed by atoms with Gasteiger partial charge in [0.25, 0.3) is 0 Å². The van der Waals surface area contributed by atoms with Crippen LogP contribution in [0.4, 0.5) is 0 Å². The minimum absolute atomic E-state index is 0.420. The predicted octanol–water partition coefficient (Wildman–Crippen LogP) is 3.41. The van der Waals surface area contributed by atoms with Crippen LogP contribution in [0.2, 0.25) is 5.15 Å². The zero-order chi connectivity index (χ0) is 10.8. The molecule has 0 spiro atoms. The summed E-state index contributed by atoms with van der Waals surface area (Å²) in [6, 6.07) is 9.94. The Hall–Kier alpha value is -1.41. The Labute approximate surface area is 93.9 Å². The van der Waals surface area contributed by atoms with E-state index in [0.29, 0.717) is 5.15 Å². The molecule has 0 aliphatic rings. The Bertz CT molecular complexity index is 457. The molecule has 0 fully saturated rings. The number of aryl methyl sites for hydroxylation is 2. The molecule has 0 radical (unpaired) electrons. The van der Waals surface area contributed by atoms with Crippen molar-refractivity contribution in [2.45, 2.75) is 13.8 Å². The molecule has 0 aliphatic carbocycles. The number of rotatable bonds is 1. The lowest BCUT2D eigenvalue weighted by atomic mass is 10.1. The minimum Gasteiger partial charge on any atom is -0.149 e. The van der Waals surface area contributed by atoms with E-state index in [1.165, 1.54) is 11.1 Å². The van der Waals surface area contributed by atoms with Crippen LogP contribution < -0.4 is 0 Å². The maximum Gasteiger partial charge on any atom is 0.151 e. The van der Waals surface area contributed by atoms with Crippen LogP contribution in [0.3, 0.4) is 0 Å². The van der Waals surface area contributed by atoms with Crippen molar-refractivity contribution in [3.8, 4) is 11.3 Å². The van der Waals surface area contributed by atoms with Crippen molar-refractivity contribution in [1.82, 2.24) is 10.2 Å². The number of nitrogens with zero attached hydrogens (tertiary/aromatic N) is 2. The first-order valence-electron chi connectivity index (χ1n) is 4.73. The number of aromatic nitrogens is 2. The van der Waals surface area contributed by atoms with Crippen LogP contribution >= 0.6 is 11.6 Å². The third-order valence-electron chi connectivity index (χ3n) is 2.15. The highest BCUT2D eigenvalue weighted by atomic mass is 35.5. The number of hydrogen-bond donors (Lipinski definition) is 0. The molecule has 0 bridgehead atoms. The fourth-order valence-corrected chi connectivity index (χ4v) is 1.69. The fourth-order valence-electron chi connectivity index (χ4n) is 1.59. The van der Waals surface area contributed by atoms with Gasteiger partial charge in [0.15, 0.2) is 5.15 Å². The maximum absolute atomic E-state index is 5.69. The van der Waals surface area contributed by atoms with Gasteiger partial charge in [-0.15, -0.1) is 10.2 Å². The molecule has 0 aliphatic heterocycles. The van der Waals surface area contributed by atoms with Crippen LogP contribution in [0.1, 0.15) is 11.1 Å². The molecule has 1 aromatic carbocycles. The molecule has 2 aromatic rings. The summed E-state index contributed by atoms with van der Waals surface area (Å²) in [4.78, 5) is 0. The smallest absolute Gasteiger partial charge is 0.149 e. The van der Waals surface area contributed by atoms with Crippen LogP contribution in [-0.2, 0) is 0 Å². The van der Waals surface area contributed by atoms with E-state index in [4.69, 9.17) is 11.6 Å². The fraction of sp³-hybridized carbons (Fsp3) is 0.167. The van der Waals surface area contributed by atoms with Crippen LogP contribution in [0.25, 0.3) is 11.3 Å². The van der Waals surface area contributed by atoms with E-state index in [1.807, 2.05) is 6.07 Å². The first-order chi connectivity index (χ1) is 7.15. The molecule has 76 valence electrons. The molecule has 2 nitrogen and oxygen atoms in total. The standard InChI is InChI=1S/C12H11ClN2/c1-8-5-9(2)7-10(6-8)11-3-4-12(13)15-14-11/h3-7H,1-2H3. The largest absolute Gasteiger partial charge is 0.151 e. The molecule has 0 atom stereocenters. The third-order valence-corrected chi connectivity index (χ3v) is 2.35. The maximum atomic E-state index is 5.69. The molecular weight excluding hydrogens is 208 g/mol. The van der Waals surface area contributed by atoms with E-state index in [-0.39, 0.29) is 0 Å². The molecule has 1 aromatic heterocycles. The zero-order valence-electron chi connectivity index (χ0n) is 8.66. The van der Waals surface area contributed by atoms with Gasteiger partial charge >= 0.3 is 0 Å². The highest BCUT2D eigenvalue weighted by Crippen LogP contribution is 2.20. The molecule has 0 amide bonds. The second kappa shape index (κ2) is 3.99. The monoisotopic (exact) mass is 218 g/mol. The summed E-state index contributed by atoms with van der Waals surface area (Å²) < 4.78 is 0. The van der Waals surface area contributed by atoms with E-state index in [0.717, 1.165) is 11.3 Å². The lowest BCUT2D eigenvalue weighted by molar-refractivity contribution is 1.04. The summed E-state index contributed by atoms with van der Waals surface area (Å²) in [5, 5.41) is 8.30. The van der Waals surface area contributed by atoms with Gasteiger partial charge in [-0.1, -0.05) is 28.8 Å². The summed E-state index contributed by atoms with van der Waals surface area (Å²) in [6.07, 6.45) is 0. The summed E-state index contributed by atoms with van der Waals surface area (Å²) in [5.41, 5.74) is 4.38. The van der Waals surface area contributed by atoms with Crippen molar-refractivity contribution < 1.29 is 0 Å². The van der Waals surface area contributed by atoms with E-state index in [1.54, 1.807) is 6.07 Å². The highest BCUT2D eigenvalue weighted by Gasteiger charge is 2.01. The Balaban J connectivity index is 2.49. The van der Waals surface area contributed by atoms with Gasteiger partial charge < -0.3 is 0 Å². The summed E-state index contributed by atoms with van der Waals surface area (Å²) >= 11 is 5.69. The molecule has 3 heteroatoms. The molecule has 15 heavy (non-hydrogen) atoms. The van der Waals surface area contributed by atoms with Gasteiger partial charge in [-0.05, 0) is 38.1 Å². The van der Waals surface area contributed by atoms with Gasteiger partial charge in [0.2, 0.25) is 0 Å². The van der Waals surface area contributed by atoms with Gasteiger partial charge in [0, 0.05) is 5.56 Å². The number of halogens is 1. The highest BCUT2D eigenvalue weighted by molar-refractivity contribution is 6.29. The van der Waals surface area contributed by atoms with Crippen molar-refractivity contribution in [2.75, 3.05) is 0 Å². The van der Waals surface area contributed by atoms with Gasteiger partial charge in [0.1, 0.15) is 0 Å². The minimum atomic E-state index is 0.420. The quantitative estimate of drug-likeness (QED) is 0.733. The second-order valence-electron chi connectivity index (χ2n) is 3.62. The topological polar surface area (TPSA) is 25.8 Å². The Kier molecular flexibility index (Phi) is 2.69. The SMILES string of the molecule is Cc1cc(C)cc(-c2ccc(Cl)nn2)c1. The lowest BCUT2D eigenvalue weighted by Crippen LogP contribution is -1.88. The van der Waals surface area contributed by atoms with Crippen LogP contribution in [0.15, 0.2) is 30.3 Å². The van der Waals surface area contributed by atoms with Gasteiger partial charge in [-0.3, -0.25) is 0 Å². The van der Waals surface area contributed by atoms with E-state index in [9.17, 15) is 0 Å².